The Labute approximate surface area is 120 Å². The van der Waals surface area contributed by atoms with Crippen LogP contribution in [-0.4, -0.2) is 24.2 Å². The van der Waals surface area contributed by atoms with Gasteiger partial charge in [-0.15, -0.1) is 11.3 Å². The first kappa shape index (κ1) is 16.2. The minimum atomic E-state index is 0.0344. The number of nitrogens with one attached hydrogen (secondary N) is 1. The zero-order chi connectivity index (χ0) is 14.3. The Morgan fingerprint density at radius 2 is 2.26 bits per heavy atom. The van der Waals surface area contributed by atoms with Gasteiger partial charge < -0.3 is 10.4 Å². The van der Waals surface area contributed by atoms with Crippen LogP contribution in [0, 0.1) is 12.8 Å². The average Bonchev–Trinajstić information content (AvgIpc) is 2.76. The molecule has 2 N–H and O–H groups in total. The Balaban J connectivity index is 2.39. The molecule has 0 fully saturated rings. The highest BCUT2D eigenvalue weighted by Crippen LogP contribution is 2.22. The van der Waals surface area contributed by atoms with Crippen LogP contribution in [0.4, 0.5) is 0 Å². The second-order valence-corrected chi connectivity index (χ2v) is 6.38. The SMILES string of the molecule is CCCc1cc(C(=O)NCCCC(C)CO)sc1C. The van der Waals surface area contributed by atoms with Crippen LogP contribution in [-0.2, 0) is 6.42 Å². The van der Waals surface area contributed by atoms with E-state index in [-0.39, 0.29) is 12.5 Å². The molecule has 0 spiro atoms. The summed E-state index contributed by atoms with van der Waals surface area (Å²) in [6.07, 6.45) is 4.02. The lowest BCUT2D eigenvalue weighted by Crippen LogP contribution is -2.24. The van der Waals surface area contributed by atoms with E-state index in [2.05, 4.69) is 19.2 Å². The molecule has 0 bridgehead atoms. The standard InChI is InChI=1S/C15H25NO2S/c1-4-6-13-9-14(19-12(13)3)15(18)16-8-5-7-11(2)10-17/h9,11,17H,4-8,10H2,1-3H3,(H,16,18). The number of hydrogen-bond donors (Lipinski definition) is 2. The number of rotatable bonds is 8. The smallest absolute Gasteiger partial charge is 0.261 e. The van der Waals surface area contributed by atoms with E-state index >= 15 is 0 Å². The van der Waals surface area contributed by atoms with Gasteiger partial charge in [-0.2, -0.15) is 0 Å². The Morgan fingerprint density at radius 3 is 2.89 bits per heavy atom. The minimum absolute atomic E-state index is 0.0344. The summed E-state index contributed by atoms with van der Waals surface area (Å²) in [7, 11) is 0. The van der Waals surface area contributed by atoms with Gasteiger partial charge in [-0.25, -0.2) is 0 Å². The lowest BCUT2D eigenvalue weighted by Gasteiger charge is -2.07. The van der Waals surface area contributed by atoms with Crippen LogP contribution in [0.25, 0.3) is 0 Å². The van der Waals surface area contributed by atoms with Crippen molar-refractivity contribution in [2.45, 2.75) is 46.5 Å². The number of carbonyl (C=O) groups excluding carboxylic acids is 1. The molecule has 0 aliphatic rings. The Morgan fingerprint density at radius 1 is 1.53 bits per heavy atom. The Hall–Kier alpha value is -0.870. The summed E-state index contributed by atoms with van der Waals surface area (Å²) in [5, 5.41) is 11.9. The topological polar surface area (TPSA) is 49.3 Å². The number of aliphatic hydroxyl groups is 1. The van der Waals surface area contributed by atoms with Crippen molar-refractivity contribution in [1.82, 2.24) is 5.32 Å². The van der Waals surface area contributed by atoms with E-state index in [9.17, 15) is 4.79 Å². The Bertz CT molecular complexity index is 401. The summed E-state index contributed by atoms with van der Waals surface area (Å²) in [4.78, 5) is 14.0. The lowest BCUT2D eigenvalue weighted by atomic mass is 10.1. The molecular formula is C15H25NO2S. The normalized spacial score (nSPS) is 12.4. The first-order valence-electron chi connectivity index (χ1n) is 7.06. The van der Waals surface area contributed by atoms with Crippen LogP contribution in [0.5, 0.6) is 0 Å². The molecule has 0 aliphatic carbocycles. The van der Waals surface area contributed by atoms with E-state index in [1.165, 1.54) is 10.4 Å². The van der Waals surface area contributed by atoms with Crippen molar-refractivity contribution < 1.29 is 9.90 Å². The number of carbonyl (C=O) groups is 1. The summed E-state index contributed by atoms with van der Waals surface area (Å²) in [5.41, 5.74) is 1.30. The van der Waals surface area contributed by atoms with E-state index in [1.54, 1.807) is 11.3 Å². The molecule has 0 saturated heterocycles. The number of hydrogen-bond acceptors (Lipinski definition) is 3. The van der Waals surface area contributed by atoms with Crippen LogP contribution >= 0.6 is 11.3 Å². The molecule has 3 nitrogen and oxygen atoms in total. The van der Waals surface area contributed by atoms with Gasteiger partial charge in [-0.3, -0.25) is 4.79 Å². The second-order valence-electron chi connectivity index (χ2n) is 5.13. The number of aryl methyl sites for hydroxylation is 2. The van der Waals surface area contributed by atoms with Gasteiger partial charge in [0.05, 0.1) is 4.88 Å². The van der Waals surface area contributed by atoms with Crippen molar-refractivity contribution in [3.05, 3.63) is 21.4 Å². The lowest BCUT2D eigenvalue weighted by molar-refractivity contribution is 0.0956. The fourth-order valence-corrected chi connectivity index (χ4v) is 2.97. The van der Waals surface area contributed by atoms with Gasteiger partial charge in [0, 0.05) is 18.0 Å². The summed E-state index contributed by atoms with van der Waals surface area (Å²) < 4.78 is 0. The van der Waals surface area contributed by atoms with Crippen molar-refractivity contribution in [3.63, 3.8) is 0 Å². The summed E-state index contributed by atoms with van der Waals surface area (Å²) in [6, 6.07) is 2.02. The molecule has 1 unspecified atom stereocenters. The Kier molecular flexibility index (Phi) is 7.10. The number of aliphatic hydroxyl groups excluding tert-OH is 1. The zero-order valence-corrected chi connectivity index (χ0v) is 13.0. The molecule has 0 radical (unpaired) electrons. The molecule has 0 aromatic carbocycles. The summed E-state index contributed by atoms with van der Waals surface area (Å²) in [5.74, 6) is 0.351. The van der Waals surface area contributed by atoms with Gasteiger partial charge >= 0.3 is 0 Å². The van der Waals surface area contributed by atoms with Crippen molar-refractivity contribution in [1.29, 1.82) is 0 Å². The predicted octanol–water partition coefficient (Wildman–Crippen LogP) is 3.15. The largest absolute Gasteiger partial charge is 0.396 e. The van der Waals surface area contributed by atoms with Crippen LogP contribution < -0.4 is 5.32 Å². The molecule has 1 aromatic heterocycles. The van der Waals surface area contributed by atoms with Crippen molar-refractivity contribution in [3.8, 4) is 0 Å². The third-order valence-electron chi connectivity index (χ3n) is 3.23. The molecule has 19 heavy (non-hydrogen) atoms. The quantitative estimate of drug-likeness (QED) is 0.720. The maximum Gasteiger partial charge on any atom is 0.261 e. The predicted molar refractivity (Wildman–Crippen MR) is 80.9 cm³/mol. The molecule has 108 valence electrons. The second kappa shape index (κ2) is 8.33. The van der Waals surface area contributed by atoms with Gasteiger partial charge in [0.15, 0.2) is 0 Å². The number of thiophene rings is 1. The molecule has 1 rings (SSSR count). The van der Waals surface area contributed by atoms with Crippen LogP contribution in [0.15, 0.2) is 6.07 Å². The maximum atomic E-state index is 12.0. The molecule has 1 aromatic rings. The highest BCUT2D eigenvalue weighted by Gasteiger charge is 2.11. The van der Waals surface area contributed by atoms with E-state index < -0.39 is 0 Å². The molecule has 1 atom stereocenters. The summed E-state index contributed by atoms with van der Waals surface area (Å²) in [6.45, 7) is 7.15. The van der Waals surface area contributed by atoms with E-state index in [0.717, 1.165) is 30.6 Å². The van der Waals surface area contributed by atoms with E-state index in [4.69, 9.17) is 5.11 Å². The van der Waals surface area contributed by atoms with Gasteiger partial charge in [-0.05, 0) is 43.7 Å². The van der Waals surface area contributed by atoms with Crippen molar-refractivity contribution >= 4 is 17.2 Å². The van der Waals surface area contributed by atoms with Gasteiger partial charge in [-0.1, -0.05) is 20.3 Å². The highest BCUT2D eigenvalue weighted by atomic mass is 32.1. The van der Waals surface area contributed by atoms with Crippen molar-refractivity contribution in [2.75, 3.05) is 13.2 Å². The van der Waals surface area contributed by atoms with Crippen molar-refractivity contribution in [2.24, 2.45) is 5.92 Å². The number of amides is 1. The van der Waals surface area contributed by atoms with Gasteiger partial charge in [0.1, 0.15) is 0 Å². The minimum Gasteiger partial charge on any atom is -0.396 e. The van der Waals surface area contributed by atoms with Gasteiger partial charge in [0.25, 0.3) is 5.91 Å². The average molecular weight is 283 g/mol. The van der Waals surface area contributed by atoms with Crippen LogP contribution in [0.3, 0.4) is 0 Å². The van der Waals surface area contributed by atoms with Gasteiger partial charge in [0.2, 0.25) is 0 Å². The van der Waals surface area contributed by atoms with Crippen LogP contribution in [0.2, 0.25) is 0 Å². The fraction of sp³-hybridized carbons (Fsp3) is 0.667. The molecule has 4 heteroatoms. The first-order chi connectivity index (χ1) is 9.08. The molecule has 1 heterocycles. The first-order valence-corrected chi connectivity index (χ1v) is 7.88. The van der Waals surface area contributed by atoms with E-state index in [0.29, 0.717) is 12.5 Å². The molecule has 0 saturated carbocycles. The maximum absolute atomic E-state index is 12.0. The third kappa shape index (κ3) is 5.33. The molecule has 0 aliphatic heterocycles. The van der Waals surface area contributed by atoms with E-state index in [1.807, 2.05) is 13.0 Å². The fourth-order valence-electron chi connectivity index (χ4n) is 1.98. The summed E-state index contributed by atoms with van der Waals surface area (Å²) >= 11 is 1.58. The zero-order valence-electron chi connectivity index (χ0n) is 12.2. The highest BCUT2D eigenvalue weighted by molar-refractivity contribution is 7.14. The van der Waals surface area contributed by atoms with Crippen LogP contribution in [0.1, 0.15) is 53.2 Å². The monoisotopic (exact) mass is 283 g/mol. The molecule has 1 amide bonds. The third-order valence-corrected chi connectivity index (χ3v) is 4.33. The molecular weight excluding hydrogens is 258 g/mol.